The maximum Gasteiger partial charge on any atom is 0.281 e. The molecule has 0 spiro atoms. The molecule has 1 aliphatic heterocycles. The lowest BCUT2D eigenvalue weighted by atomic mass is 10.1. The minimum Gasteiger partial charge on any atom is -0.494 e. The van der Waals surface area contributed by atoms with Gasteiger partial charge in [-0.1, -0.05) is 24.3 Å². The highest BCUT2D eigenvalue weighted by atomic mass is 16.5. The van der Waals surface area contributed by atoms with Crippen molar-refractivity contribution < 1.29 is 4.74 Å². The summed E-state index contributed by atoms with van der Waals surface area (Å²) in [5.41, 5.74) is 2.99. The number of rotatable bonds is 3. The van der Waals surface area contributed by atoms with Crippen LogP contribution < -0.4 is 10.3 Å². The van der Waals surface area contributed by atoms with Crippen LogP contribution >= 0.6 is 0 Å². The van der Waals surface area contributed by atoms with E-state index in [0.717, 1.165) is 41.2 Å². The Morgan fingerprint density at radius 2 is 1.96 bits per heavy atom. The number of ether oxygens (including phenoxy) is 1. The third-order valence-electron chi connectivity index (χ3n) is 4.31. The molecule has 0 saturated carbocycles. The summed E-state index contributed by atoms with van der Waals surface area (Å²) in [4.78, 5) is 16.6. The molecule has 4 rings (SSSR count). The lowest BCUT2D eigenvalue weighted by Crippen LogP contribution is -2.14. The van der Waals surface area contributed by atoms with Gasteiger partial charge in [-0.15, -0.1) is 0 Å². The topological polar surface area (TPSA) is 44.1 Å². The third kappa shape index (κ3) is 2.50. The molecule has 0 fully saturated rings. The fourth-order valence-electron chi connectivity index (χ4n) is 3.20. The van der Waals surface area contributed by atoms with E-state index in [0.29, 0.717) is 12.0 Å². The molecule has 0 saturated heterocycles. The predicted molar refractivity (Wildman–Crippen MR) is 96.1 cm³/mol. The molecule has 0 bridgehead atoms. The summed E-state index contributed by atoms with van der Waals surface area (Å²) in [5, 5.41) is 0.684. The van der Waals surface area contributed by atoms with Crippen molar-refractivity contribution >= 4 is 22.6 Å². The number of hydrogen-bond acceptors (Lipinski definition) is 3. The molecule has 120 valence electrons. The van der Waals surface area contributed by atoms with Gasteiger partial charge in [0.2, 0.25) is 0 Å². The van der Waals surface area contributed by atoms with Crippen molar-refractivity contribution in [3.63, 3.8) is 0 Å². The standard InChI is InChI=1S/C20H18N2O2/c1-2-24-16-9-7-14(8-10-16)13-15-11-12-22-18-6-4-3-5-17(18)20(23)21-19(15)22/h3-10,13H,2,11-12H2,1H3. The molecule has 2 heterocycles. The molecular weight excluding hydrogens is 300 g/mol. The number of hydrogen-bond donors (Lipinski definition) is 0. The van der Waals surface area contributed by atoms with Crippen LogP contribution in [0.5, 0.6) is 5.75 Å². The lowest BCUT2D eigenvalue weighted by molar-refractivity contribution is 0.340. The van der Waals surface area contributed by atoms with Crippen LogP contribution in [0.1, 0.15) is 24.7 Å². The van der Waals surface area contributed by atoms with Crippen molar-refractivity contribution in [1.29, 1.82) is 0 Å². The van der Waals surface area contributed by atoms with Gasteiger partial charge < -0.3 is 9.30 Å². The summed E-state index contributed by atoms with van der Waals surface area (Å²) < 4.78 is 7.61. The van der Waals surface area contributed by atoms with Crippen LogP contribution in [0.2, 0.25) is 0 Å². The Balaban J connectivity index is 1.77. The summed E-state index contributed by atoms with van der Waals surface area (Å²) in [6.07, 6.45) is 2.99. The average molecular weight is 318 g/mol. The molecule has 4 nitrogen and oxygen atoms in total. The number of benzene rings is 2. The van der Waals surface area contributed by atoms with Crippen molar-refractivity contribution in [3.8, 4) is 5.75 Å². The van der Waals surface area contributed by atoms with E-state index in [1.165, 1.54) is 0 Å². The summed E-state index contributed by atoms with van der Waals surface area (Å²) in [6, 6.07) is 15.7. The Labute approximate surface area is 140 Å². The van der Waals surface area contributed by atoms with Gasteiger partial charge in [-0.2, -0.15) is 4.98 Å². The molecule has 4 heteroatoms. The molecule has 2 aromatic carbocycles. The molecule has 0 N–H and O–H groups in total. The van der Waals surface area contributed by atoms with Gasteiger partial charge in [0, 0.05) is 6.54 Å². The first-order valence-electron chi connectivity index (χ1n) is 8.19. The van der Waals surface area contributed by atoms with Gasteiger partial charge in [-0.05, 0) is 54.8 Å². The van der Waals surface area contributed by atoms with Crippen LogP contribution in [0.4, 0.5) is 0 Å². The van der Waals surface area contributed by atoms with E-state index in [9.17, 15) is 4.79 Å². The van der Waals surface area contributed by atoms with Crippen LogP contribution in [0, 0.1) is 0 Å². The van der Waals surface area contributed by atoms with Crippen molar-refractivity contribution in [2.45, 2.75) is 19.9 Å². The second kappa shape index (κ2) is 5.96. The molecule has 0 radical (unpaired) electrons. The Bertz CT molecular complexity index is 985. The SMILES string of the molecule is CCOc1ccc(C=C2CCn3c2nc(=O)c2ccccc23)cc1. The monoisotopic (exact) mass is 318 g/mol. The fraction of sp³-hybridized carbons (Fsp3) is 0.200. The first-order chi connectivity index (χ1) is 11.8. The summed E-state index contributed by atoms with van der Waals surface area (Å²) in [7, 11) is 0. The van der Waals surface area contributed by atoms with Gasteiger partial charge in [0.05, 0.1) is 17.5 Å². The average Bonchev–Trinajstić information content (AvgIpc) is 3.00. The molecule has 1 aliphatic rings. The quantitative estimate of drug-likeness (QED) is 0.739. The van der Waals surface area contributed by atoms with E-state index in [-0.39, 0.29) is 5.56 Å². The number of fused-ring (bicyclic) bond motifs is 3. The normalized spacial score (nSPS) is 15.0. The summed E-state index contributed by atoms with van der Waals surface area (Å²) >= 11 is 0. The van der Waals surface area contributed by atoms with Gasteiger partial charge >= 0.3 is 0 Å². The molecule has 24 heavy (non-hydrogen) atoms. The van der Waals surface area contributed by atoms with E-state index < -0.39 is 0 Å². The Morgan fingerprint density at radius 3 is 2.75 bits per heavy atom. The third-order valence-corrected chi connectivity index (χ3v) is 4.31. The summed E-state index contributed by atoms with van der Waals surface area (Å²) in [5.74, 6) is 1.65. The van der Waals surface area contributed by atoms with Gasteiger partial charge in [0.1, 0.15) is 11.6 Å². The molecular formula is C20H18N2O2. The molecule has 0 unspecified atom stereocenters. The molecule has 0 amide bonds. The second-order valence-corrected chi connectivity index (χ2v) is 5.83. The highest BCUT2D eigenvalue weighted by Crippen LogP contribution is 2.29. The highest BCUT2D eigenvalue weighted by molar-refractivity contribution is 5.85. The zero-order valence-corrected chi connectivity index (χ0v) is 13.5. The van der Waals surface area contributed by atoms with Crippen LogP contribution in [0.25, 0.3) is 22.6 Å². The minimum absolute atomic E-state index is 0.156. The van der Waals surface area contributed by atoms with Crippen molar-refractivity contribution in [2.75, 3.05) is 6.61 Å². The molecule has 0 aliphatic carbocycles. The van der Waals surface area contributed by atoms with Crippen LogP contribution in [0.3, 0.4) is 0 Å². The van der Waals surface area contributed by atoms with E-state index in [1.54, 1.807) is 0 Å². The second-order valence-electron chi connectivity index (χ2n) is 5.83. The Hall–Kier alpha value is -2.88. The molecule has 1 aromatic heterocycles. The van der Waals surface area contributed by atoms with Crippen molar-refractivity contribution in [3.05, 3.63) is 70.3 Å². The molecule has 3 aromatic rings. The highest BCUT2D eigenvalue weighted by Gasteiger charge is 2.20. The van der Waals surface area contributed by atoms with Crippen LogP contribution in [-0.2, 0) is 6.54 Å². The lowest BCUT2D eigenvalue weighted by Gasteiger charge is -2.07. The zero-order valence-electron chi connectivity index (χ0n) is 13.5. The number of nitrogens with zero attached hydrogens (tertiary/aromatic N) is 2. The fourth-order valence-corrected chi connectivity index (χ4v) is 3.20. The minimum atomic E-state index is -0.156. The Kier molecular flexibility index (Phi) is 3.65. The predicted octanol–water partition coefficient (Wildman–Crippen LogP) is 3.74. The van der Waals surface area contributed by atoms with E-state index in [1.807, 2.05) is 55.5 Å². The Morgan fingerprint density at radius 1 is 1.17 bits per heavy atom. The summed E-state index contributed by atoms with van der Waals surface area (Å²) in [6.45, 7) is 3.48. The van der Waals surface area contributed by atoms with Crippen molar-refractivity contribution in [1.82, 2.24) is 9.55 Å². The van der Waals surface area contributed by atoms with Gasteiger partial charge in [0.25, 0.3) is 5.56 Å². The van der Waals surface area contributed by atoms with E-state index in [4.69, 9.17) is 4.74 Å². The number of para-hydroxylation sites is 1. The van der Waals surface area contributed by atoms with Crippen LogP contribution in [-0.4, -0.2) is 16.2 Å². The maximum atomic E-state index is 12.3. The number of aryl methyl sites for hydroxylation is 1. The van der Waals surface area contributed by atoms with E-state index in [2.05, 4.69) is 15.6 Å². The first kappa shape index (κ1) is 14.7. The van der Waals surface area contributed by atoms with Crippen LogP contribution in [0.15, 0.2) is 53.3 Å². The van der Waals surface area contributed by atoms with E-state index >= 15 is 0 Å². The zero-order chi connectivity index (χ0) is 16.5. The van der Waals surface area contributed by atoms with Crippen molar-refractivity contribution in [2.24, 2.45) is 0 Å². The first-order valence-corrected chi connectivity index (χ1v) is 8.19. The molecule has 0 atom stereocenters. The van der Waals surface area contributed by atoms with Gasteiger partial charge in [0.15, 0.2) is 0 Å². The maximum absolute atomic E-state index is 12.3. The largest absolute Gasteiger partial charge is 0.494 e. The number of aromatic nitrogens is 2. The van der Waals surface area contributed by atoms with Gasteiger partial charge in [-0.25, -0.2) is 0 Å². The van der Waals surface area contributed by atoms with Gasteiger partial charge in [-0.3, -0.25) is 4.79 Å². The number of allylic oxidation sites excluding steroid dienone is 1. The smallest absolute Gasteiger partial charge is 0.281 e.